The average Bonchev–Trinajstić information content (AvgIpc) is 3.38. The van der Waals surface area contributed by atoms with E-state index >= 15 is 0 Å². The quantitative estimate of drug-likeness (QED) is 0.261. The van der Waals surface area contributed by atoms with Crippen LogP contribution in [0.4, 0.5) is 13.2 Å². The maximum absolute atomic E-state index is 13.4. The van der Waals surface area contributed by atoms with E-state index in [0.717, 1.165) is 26.7 Å². The Bertz CT molecular complexity index is 1800. The minimum Gasteiger partial charge on any atom is -0.496 e. The van der Waals surface area contributed by atoms with Gasteiger partial charge in [-0.3, -0.25) is 14.6 Å². The highest BCUT2D eigenvalue weighted by Gasteiger charge is 2.38. The SMILES string of the molecule is COc1ccccc1CNC(=O)c1sc2c(c1OCc1ccncc1)c(=O)n(C)c1ccccc21.O=C(O)C(F)(F)F. The molecule has 0 aliphatic carbocycles. The largest absolute Gasteiger partial charge is 0.496 e. The molecule has 1 amide bonds. The third kappa shape index (κ3) is 6.52. The first-order chi connectivity index (χ1) is 20.0. The van der Waals surface area contributed by atoms with Gasteiger partial charge < -0.3 is 24.5 Å². The molecule has 2 N–H and O–H groups in total. The number of benzene rings is 2. The molecule has 0 saturated carbocycles. The fourth-order valence-electron chi connectivity index (χ4n) is 4.06. The third-order valence-corrected chi connectivity index (χ3v) is 7.31. The van der Waals surface area contributed by atoms with E-state index in [2.05, 4.69) is 10.3 Å². The Kier molecular flexibility index (Phi) is 9.11. The van der Waals surface area contributed by atoms with Crippen LogP contribution in [0.5, 0.6) is 11.5 Å². The number of hydrogen-bond acceptors (Lipinski definition) is 7. The van der Waals surface area contributed by atoms with Crippen molar-refractivity contribution in [2.45, 2.75) is 19.3 Å². The number of rotatable bonds is 7. The number of para-hydroxylation sites is 2. The fourth-order valence-corrected chi connectivity index (χ4v) is 5.25. The van der Waals surface area contributed by atoms with E-state index in [1.807, 2.05) is 60.7 Å². The second-order valence-corrected chi connectivity index (χ2v) is 9.81. The van der Waals surface area contributed by atoms with Crippen molar-refractivity contribution >= 4 is 44.2 Å². The van der Waals surface area contributed by atoms with Gasteiger partial charge in [-0.1, -0.05) is 36.4 Å². The highest BCUT2D eigenvalue weighted by atomic mass is 32.1. The van der Waals surface area contributed by atoms with E-state index in [4.69, 9.17) is 19.4 Å². The van der Waals surface area contributed by atoms with Crippen molar-refractivity contribution in [3.8, 4) is 11.5 Å². The van der Waals surface area contributed by atoms with Crippen molar-refractivity contribution < 1.29 is 37.3 Å². The summed E-state index contributed by atoms with van der Waals surface area (Å²) in [5.41, 5.74) is 2.33. The highest BCUT2D eigenvalue weighted by molar-refractivity contribution is 7.22. The Balaban J connectivity index is 0.000000517. The Morgan fingerprint density at radius 3 is 2.36 bits per heavy atom. The molecular weight excluding hydrogens is 575 g/mol. The number of amides is 1. The summed E-state index contributed by atoms with van der Waals surface area (Å²) in [6.45, 7) is 0.483. The maximum Gasteiger partial charge on any atom is 0.490 e. The molecule has 0 atom stereocenters. The lowest BCUT2D eigenvalue weighted by atomic mass is 10.1. The lowest BCUT2D eigenvalue weighted by molar-refractivity contribution is -0.192. The second-order valence-electron chi connectivity index (χ2n) is 8.79. The molecule has 0 radical (unpaired) electrons. The number of carboxylic acid groups (broad SMARTS) is 1. The van der Waals surface area contributed by atoms with Crippen molar-refractivity contribution in [3.63, 3.8) is 0 Å². The van der Waals surface area contributed by atoms with E-state index in [-0.39, 0.29) is 24.6 Å². The molecule has 3 heterocycles. The maximum atomic E-state index is 13.4. The third-order valence-electron chi connectivity index (χ3n) is 6.11. The molecule has 13 heteroatoms. The van der Waals surface area contributed by atoms with Crippen molar-refractivity contribution in [2.75, 3.05) is 7.11 Å². The van der Waals surface area contributed by atoms with Crippen LogP contribution >= 0.6 is 11.3 Å². The zero-order valence-electron chi connectivity index (χ0n) is 22.3. The Labute approximate surface area is 240 Å². The van der Waals surface area contributed by atoms with Crippen molar-refractivity contribution in [3.05, 3.63) is 99.4 Å². The van der Waals surface area contributed by atoms with Crippen molar-refractivity contribution in [1.29, 1.82) is 0 Å². The molecule has 3 aromatic heterocycles. The number of aromatic nitrogens is 2. The van der Waals surface area contributed by atoms with Gasteiger partial charge in [-0.15, -0.1) is 11.3 Å². The number of halogens is 3. The van der Waals surface area contributed by atoms with Crippen LogP contribution in [-0.4, -0.2) is 39.8 Å². The van der Waals surface area contributed by atoms with Crippen molar-refractivity contribution in [2.24, 2.45) is 7.05 Å². The molecule has 2 aromatic carbocycles. The number of nitrogens with one attached hydrogen (secondary N) is 1. The number of hydrogen-bond donors (Lipinski definition) is 2. The van der Waals surface area contributed by atoms with E-state index in [9.17, 15) is 22.8 Å². The fraction of sp³-hybridized carbons (Fsp3) is 0.172. The first-order valence-corrected chi connectivity index (χ1v) is 13.1. The minimum absolute atomic E-state index is 0.205. The van der Waals surface area contributed by atoms with Crippen LogP contribution < -0.4 is 20.3 Å². The molecule has 9 nitrogen and oxygen atoms in total. The van der Waals surface area contributed by atoms with Crippen LogP contribution in [0.15, 0.2) is 77.9 Å². The number of thiophene rings is 1. The second kappa shape index (κ2) is 12.7. The number of ether oxygens (including phenoxy) is 2. The van der Waals surface area contributed by atoms with E-state index in [1.165, 1.54) is 11.3 Å². The van der Waals surface area contributed by atoms with Gasteiger partial charge >= 0.3 is 12.1 Å². The molecule has 5 aromatic rings. The van der Waals surface area contributed by atoms with Gasteiger partial charge in [-0.2, -0.15) is 13.2 Å². The van der Waals surface area contributed by atoms with Gasteiger partial charge in [0.05, 0.1) is 17.3 Å². The Morgan fingerprint density at radius 2 is 1.69 bits per heavy atom. The minimum atomic E-state index is -5.08. The summed E-state index contributed by atoms with van der Waals surface area (Å²) in [4.78, 5) is 40.1. The molecule has 5 rings (SSSR count). The first-order valence-electron chi connectivity index (χ1n) is 12.3. The number of alkyl halides is 3. The normalized spacial score (nSPS) is 11.1. The Morgan fingerprint density at radius 1 is 1.05 bits per heavy atom. The molecule has 0 fully saturated rings. The van der Waals surface area contributed by atoms with Gasteiger partial charge in [-0.25, -0.2) is 4.79 Å². The number of carboxylic acids is 1. The van der Waals surface area contributed by atoms with E-state index in [1.54, 1.807) is 31.1 Å². The summed E-state index contributed by atoms with van der Waals surface area (Å²) >= 11 is 1.27. The molecular formula is C29H24F3N3O6S. The predicted molar refractivity (Wildman–Crippen MR) is 151 cm³/mol. The summed E-state index contributed by atoms with van der Waals surface area (Å²) in [6, 6.07) is 18.9. The highest BCUT2D eigenvalue weighted by Crippen LogP contribution is 2.40. The zero-order valence-corrected chi connectivity index (χ0v) is 23.1. The summed E-state index contributed by atoms with van der Waals surface area (Å²) in [7, 11) is 3.33. The topological polar surface area (TPSA) is 120 Å². The lowest BCUT2D eigenvalue weighted by Crippen LogP contribution is -2.23. The number of methoxy groups -OCH3 is 1. The van der Waals surface area contributed by atoms with E-state index < -0.39 is 12.1 Å². The molecule has 218 valence electrons. The number of aryl methyl sites for hydroxylation is 1. The molecule has 0 bridgehead atoms. The molecule has 0 aliphatic rings. The van der Waals surface area contributed by atoms with Crippen LogP contribution in [-0.2, 0) is 25.0 Å². The number of carbonyl (C=O) groups excluding carboxylic acids is 1. The van der Waals surface area contributed by atoms with Crippen molar-refractivity contribution in [1.82, 2.24) is 14.9 Å². The van der Waals surface area contributed by atoms with E-state index in [0.29, 0.717) is 21.8 Å². The molecule has 42 heavy (non-hydrogen) atoms. The van der Waals surface area contributed by atoms with Gasteiger partial charge in [0.2, 0.25) is 0 Å². The predicted octanol–water partition coefficient (Wildman–Crippen LogP) is 5.30. The molecule has 0 unspecified atom stereocenters. The van der Waals surface area contributed by atoms with Gasteiger partial charge in [0.15, 0.2) is 5.75 Å². The zero-order chi connectivity index (χ0) is 30.4. The summed E-state index contributed by atoms with van der Waals surface area (Å²) < 4.78 is 45.6. The van der Waals surface area contributed by atoms with Crippen LogP contribution in [0.25, 0.3) is 21.0 Å². The molecule has 0 aliphatic heterocycles. The standard InChI is InChI=1S/C27H23N3O4S.C2HF3O2/c1-30-20-9-5-4-8-19(20)24-22(27(30)32)23(34-16-17-11-13-28-14-12-17)25(35-24)26(31)29-15-18-7-3-6-10-21(18)33-2;3-2(4,5)1(6)7/h3-14H,15-16H2,1-2H3,(H,29,31);(H,6,7). The van der Waals surface area contributed by atoms with Crippen LogP contribution in [0.2, 0.25) is 0 Å². The average molecular weight is 600 g/mol. The molecule has 0 spiro atoms. The number of fused-ring (bicyclic) bond motifs is 3. The molecule has 0 saturated heterocycles. The van der Waals surface area contributed by atoms with Gasteiger partial charge in [-0.05, 0) is 29.8 Å². The van der Waals surface area contributed by atoms with Gasteiger partial charge in [0, 0.05) is 36.9 Å². The van der Waals surface area contributed by atoms with Gasteiger partial charge in [0.1, 0.15) is 22.6 Å². The Hall–Kier alpha value is -4.91. The summed E-state index contributed by atoms with van der Waals surface area (Å²) in [5.74, 6) is -2.08. The van der Waals surface area contributed by atoms with Crippen LogP contribution in [0, 0.1) is 0 Å². The number of nitrogens with zero attached hydrogens (tertiary/aromatic N) is 2. The first kappa shape index (κ1) is 30.1. The monoisotopic (exact) mass is 599 g/mol. The lowest BCUT2D eigenvalue weighted by Gasteiger charge is -2.11. The summed E-state index contributed by atoms with van der Waals surface area (Å²) in [6.07, 6.45) is -1.73. The summed E-state index contributed by atoms with van der Waals surface area (Å²) in [5, 5.41) is 11.4. The number of aliphatic carboxylic acids is 1. The number of pyridine rings is 2. The smallest absolute Gasteiger partial charge is 0.490 e. The number of carbonyl (C=O) groups is 2. The van der Waals surface area contributed by atoms with Crippen LogP contribution in [0.3, 0.4) is 0 Å². The van der Waals surface area contributed by atoms with Gasteiger partial charge in [0.25, 0.3) is 11.5 Å². The van der Waals surface area contributed by atoms with Crippen LogP contribution in [0.1, 0.15) is 20.8 Å².